The molecule has 0 fully saturated rings. The molecule has 21 heavy (non-hydrogen) atoms. The van der Waals surface area contributed by atoms with E-state index in [1.165, 1.54) is 27.9 Å². The highest BCUT2D eigenvalue weighted by molar-refractivity contribution is 7.39. The molecule has 0 radical (unpaired) electrons. The number of benzene rings is 3. The number of hydrogen-bond donors (Lipinski definition) is 0. The van der Waals surface area contributed by atoms with E-state index < -0.39 is 0 Å². The van der Waals surface area contributed by atoms with Crippen molar-refractivity contribution in [3.05, 3.63) is 78.9 Å². The first kappa shape index (κ1) is 14.3. The van der Waals surface area contributed by atoms with Gasteiger partial charge in [0.1, 0.15) is 0 Å². The second kappa shape index (κ2) is 6.39. The highest BCUT2D eigenvalue weighted by Crippen LogP contribution is 2.35. The van der Waals surface area contributed by atoms with E-state index in [2.05, 4.69) is 91.6 Å². The summed E-state index contributed by atoms with van der Waals surface area (Å²) in [5, 5.41) is 0. The van der Waals surface area contributed by atoms with Crippen LogP contribution in [0.3, 0.4) is 0 Å². The van der Waals surface area contributed by atoms with Crippen LogP contribution in [0.25, 0.3) is 22.3 Å². The molecular formula is C18H17NP2. The van der Waals surface area contributed by atoms with Crippen LogP contribution >= 0.6 is 18.8 Å². The van der Waals surface area contributed by atoms with Gasteiger partial charge in [0.05, 0.1) is 5.69 Å². The van der Waals surface area contributed by atoms with Crippen LogP contribution in [0.1, 0.15) is 0 Å². The van der Waals surface area contributed by atoms with Gasteiger partial charge in [0, 0.05) is 5.56 Å². The van der Waals surface area contributed by atoms with Crippen LogP contribution in [0.5, 0.6) is 0 Å². The van der Waals surface area contributed by atoms with Crippen molar-refractivity contribution in [2.45, 2.75) is 0 Å². The lowest BCUT2D eigenvalue weighted by atomic mass is 9.99. The molecule has 0 aliphatic rings. The van der Waals surface area contributed by atoms with Gasteiger partial charge in [-0.1, -0.05) is 72.8 Å². The van der Waals surface area contributed by atoms with Crippen molar-refractivity contribution in [2.24, 2.45) is 0 Å². The summed E-state index contributed by atoms with van der Waals surface area (Å²) >= 11 is 0. The van der Waals surface area contributed by atoms with Crippen molar-refractivity contribution in [2.75, 3.05) is 4.44 Å². The molecule has 2 atom stereocenters. The van der Waals surface area contributed by atoms with Crippen molar-refractivity contribution in [1.29, 1.82) is 0 Å². The Morgan fingerprint density at radius 2 is 1.05 bits per heavy atom. The van der Waals surface area contributed by atoms with Gasteiger partial charge in [-0.05, 0) is 41.5 Å². The maximum Gasteiger partial charge on any atom is 0.0502 e. The first-order valence-electron chi connectivity index (χ1n) is 6.80. The summed E-state index contributed by atoms with van der Waals surface area (Å²) in [6.45, 7) is 0. The summed E-state index contributed by atoms with van der Waals surface area (Å²) in [5.41, 5.74) is 6.10. The Labute approximate surface area is 130 Å². The molecule has 0 aliphatic carbocycles. The Bertz CT molecular complexity index is 722. The minimum Gasteiger partial charge on any atom is -0.340 e. The molecule has 1 nitrogen and oxygen atoms in total. The zero-order chi connectivity index (χ0) is 14.7. The topological polar surface area (TPSA) is 3.24 Å². The first-order chi connectivity index (χ1) is 10.3. The SMILES string of the molecule is PN(P)c1ccccc1-c1ccc(-c2ccccc2)cc1. The second-order valence-electron chi connectivity index (χ2n) is 4.87. The molecule has 3 aromatic carbocycles. The van der Waals surface area contributed by atoms with Crippen molar-refractivity contribution in [3.8, 4) is 22.3 Å². The highest BCUT2D eigenvalue weighted by Gasteiger charge is 2.06. The van der Waals surface area contributed by atoms with Gasteiger partial charge < -0.3 is 4.44 Å². The van der Waals surface area contributed by atoms with Gasteiger partial charge in [-0.15, -0.1) is 0 Å². The maximum atomic E-state index is 2.68. The van der Waals surface area contributed by atoms with Crippen molar-refractivity contribution >= 4 is 24.5 Å². The fourth-order valence-corrected chi connectivity index (χ4v) is 2.87. The standard InChI is InChI=1S/C18H17NP2/c20-19(21)18-9-5-4-8-17(18)16-12-10-15(11-13-16)14-6-2-1-3-7-14/h1-13H,20-21H2. The van der Waals surface area contributed by atoms with Gasteiger partial charge in [-0.2, -0.15) is 0 Å². The Kier molecular flexibility index (Phi) is 4.34. The average molecular weight is 309 g/mol. The van der Waals surface area contributed by atoms with Crippen molar-refractivity contribution in [1.82, 2.24) is 0 Å². The van der Waals surface area contributed by atoms with Gasteiger partial charge in [-0.25, -0.2) is 0 Å². The molecule has 3 rings (SSSR count). The average Bonchev–Trinajstić information content (AvgIpc) is 2.56. The fraction of sp³-hybridized carbons (Fsp3) is 0. The molecule has 0 aromatic heterocycles. The number of anilines is 1. The predicted molar refractivity (Wildman–Crippen MR) is 99.2 cm³/mol. The third-order valence-electron chi connectivity index (χ3n) is 3.49. The fourth-order valence-electron chi connectivity index (χ4n) is 2.42. The molecule has 0 spiro atoms. The third-order valence-corrected chi connectivity index (χ3v) is 4.04. The van der Waals surface area contributed by atoms with E-state index in [-0.39, 0.29) is 0 Å². The molecule has 0 bridgehead atoms. The van der Waals surface area contributed by atoms with E-state index in [0.717, 1.165) is 0 Å². The van der Waals surface area contributed by atoms with Crippen LogP contribution in [-0.2, 0) is 0 Å². The van der Waals surface area contributed by atoms with Crippen molar-refractivity contribution < 1.29 is 0 Å². The minimum absolute atomic E-state index is 1.17. The summed E-state index contributed by atoms with van der Waals surface area (Å²) in [7, 11) is 5.36. The molecule has 0 heterocycles. The van der Waals surface area contributed by atoms with Crippen molar-refractivity contribution in [3.63, 3.8) is 0 Å². The maximum absolute atomic E-state index is 2.68. The largest absolute Gasteiger partial charge is 0.340 e. The van der Waals surface area contributed by atoms with Gasteiger partial charge in [0.25, 0.3) is 0 Å². The number of hydrogen-bond acceptors (Lipinski definition) is 1. The Morgan fingerprint density at radius 1 is 0.524 bits per heavy atom. The molecule has 3 heteroatoms. The highest BCUT2D eigenvalue weighted by atomic mass is 31.1. The lowest BCUT2D eigenvalue weighted by Gasteiger charge is -2.17. The number of rotatable bonds is 3. The lowest BCUT2D eigenvalue weighted by molar-refractivity contribution is 1.56. The molecule has 0 aliphatic heterocycles. The zero-order valence-electron chi connectivity index (χ0n) is 11.6. The van der Waals surface area contributed by atoms with Gasteiger partial charge in [0.15, 0.2) is 0 Å². The Balaban J connectivity index is 1.99. The van der Waals surface area contributed by atoms with Crippen LogP contribution in [0.4, 0.5) is 5.69 Å². The van der Waals surface area contributed by atoms with E-state index in [1.807, 2.05) is 10.5 Å². The minimum atomic E-state index is 1.17. The van der Waals surface area contributed by atoms with Crippen LogP contribution in [0.2, 0.25) is 0 Å². The van der Waals surface area contributed by atoms with E-state index in [1.54, 1.807) is 0 Å². The molecular weight excluding hydrogens is 292 g/mol. The van der Waals surface area contributed by atoms with E-state index in [0.29, 0.717) is 0 Å². The molecule has 0 saturated carbocycles. The summed E-state index contributed by atoms with van der Waals surface area (Å²) in [6.07, 6.45) is 0. The van der Waals surface area contributed by atoms with Crippen LogP contribution < -0.4 is 4.44 Å². The van der Waals surface area contributed by atoms with E-state index >= 15 is 0 Å². The lowest BCUT2D eigenvalue weighted by Crippen LogP contribution is -1.93. The van der Waals surface area contributed by atoms with Gasteiger partial charge in [0.2, 0.25) is 0 Å². The summed E-state index contributed by atoms with van der Waals surface area (Å²) in [5.74, 6) is 0. The number of nitrogens with zero attached hydrogens (tertiary/aromatic N) is 1. The number of para-hydroxylation sites is 1. The quantitative estimate of drug-likeness (QED) is 0.585. The normalized spacial score (nSPS) is 10.4. The smallest absolute Gasteiger partial charge is 0.0502 e. The second-order valence-corrected chi connectivity index (χ2v) is 6.58. The molecule has 0 amide bonds. The summed E-state index contributed by atoms with van der Waals surface area (Å²) in [4.78, 5) is 0. The molecule has 0 N–H and O–H groups in total. The Hall–Kier alpha value is -1.68. The van der Waals surface area contributed by atoms with Crippen LogP contribution in [-0.4, -0.2) is 0 Å². The van der Waals surface area contributed by atoms with Gasteiger partial charge >= 0.3 is 0 Å². The monoisotopic (exact) mass is 309 g/mol. The van der Waals surface area contributed by atoms with E-state index in [4.69, 9.17) is 0 Å². The summed E-state index contributed by atoms with van der Waals surface area (Å²) < 4.78 is 1.99. The van der Waals surface area contributed by atoms with Crippen LogP contribution in [0, 0.1) is 0 Å². The molecule has 0 saturated heterocycles. The zero-order valence-corrected chi connectivity index (χ0v) is 13.9. The van der Waals surface area contributed by atoms with Crippen LogP contribution in [0.15, 0.2) is 78.9 Å². The Morgan fingerprint density at radius 3 is 1.71 bits per heavy atom. The molecule has 104 valence electrons. The summed E-state index contributed by atoms with van der Waals surface area (Å²) in [6, 6.07) is 27.6. The molecule has 3 aromatic rings. The van der Waals surface area contributed by atoms with Gasteiger partial charge in [-0.3, -0.25) is 0 Å². The predicted octanol–water partition coefficient (Wildman–Crippen LogP) is 5.41. The van der Waals surface area contributed by atoms with E-state index in [9.17, 15) is 0 Å². The molecule has 2 unspecified atom stereocenters. The third kappa shape index (κ3) is 3.16. The first-order valence-corrected chi connectivity index (χ1v) is 7.83.